The molecule has 2 atom stereocenters. The molecule has 0 radical (unpaired) electrons. The molecule has 0 aliphatic heterocycles. The van der Waals surface area contributed by atoms with Gasteiger partial charge in [-0.1, -0.05) is 32.6 Å². The Morgan fingerprint density at radius 3 is 2.46 bits per heavy atom. The molecule has 0 saturated heterocycles. The minimum Gasteiger partial charge on any atom is -0.309 e. The molecule has 0 spiro atoms. The number of rotatable bonds is 4. The lowest BCUT2D eigenvalue weighted by Gasteiger charge is -2.29. The molecule has 1 rings (SSSR count). The van der Waals surface area contributed by atoms with Crippen LogP contribution in [0.15, 0.2) is 0 Å². The van der Waals surface area contributed by atoms with Gasteiger partial charge in [-0.3, -0.25) is 0 Å². The third-order valence-electron chi connectivity index (χ3n) is 3.45. The van der Waals surface area contributed by atoms with Crippen molar-refractivity contribution in [3.63, 3.8) is 0 Å². The fourth-order valence-electron chi connectivity index (χ4n) is 2.48. The van der Waals surface area contributed by atoms with E-state index in [1.165, 1.54) is 45.1 Å². The molecule has 1 fully saturated rings. The van der Waals surface area contributed by atoms with E-state index in [0.29, 0.717) is 0 Å². The number of hydrogen-bond donors (Lipinski definition) is 0. The molecular formula is C12H25N. The maximum Gasteiger partial charge on any atom is -0.00222 e. The van der Waals surface area contributed by atoms with Gasteiger partial charge in [0.1, 0.15) is 0 Å². The standard InChI is InChI=1S/C12H25N/c1-4-11-6-5-7-12(10-11)8-9-13(2)3/h11-12H,4-10H2,1-3H3. The Kier molecular flexibility index (Phi) is 4.79. The highest BCUT2D eigenvalue weighted by atomic mass is 15.0. The van der Waals surface area contributed by atoms with Gasteiger partial charge in [-0.25, -0.2) is 0 Å². The van der Waals surface area contributed by atoms with Crippen molar-refractivity contribution in [3.05, 3.63) is 0 Å². The van der Waals surface area contributed by atoms with E-state index in [2.05, 4.69) is 25.9 Å². The molecule has 1 saturated carbocycles. The first-order valence-corrected chi connectivity index (χ1v) is 5.87. The third kappa shape index (κ3) is 4.12. The smallest absolute Gasteiger partial charge is 0.00222 e. The van der Waals surface area contributed by atoms with Gasteiger partial charge in [0.2, 0.25) is 0 Å². The van der Waals surface area contributed by atoms with E-state index < -0.39 is 0 Å². The zero-order valence-electron chi connectivity index (χ0n) is 9.55. The van der Waals surface area contributed by atoms with Crippen molar-refractivity contribution in [2.24, 2.45) is 11.8 Å². The number of nitrogens with zero attached hydrogens (tertiary/aromatic N) is 1. The maximum absolute atomic E-state index is 2.35. The second kappa shape index (κ2) is 5.64. The second-order valence-corrected chi connectivity index (χ2v) is 4.90. The minimum atomic E-state index is 1.03. The van der Waals surface area contributed by atoms with Gasteiger partial charge in [0, 0.05) is 0 Å². The Balaban J connectivity index is 2.18. The summed E-state index contributed by atoms with van der Waals surface area (Å²) >= 11 is 0. The van der Waals surface area contributed by atoms with Crippen molar-refractivity contribution in [1.82, 2.24) is 4.90 Å². The lowest BCUT2D eigenvalue weighted by molar-refractivity contribution is 0.230. The quantitative estimate of drug-likeness (QED) is 0.647. The van der Waals surface area contributed by atoms with Gasteiger partial charge in [-0.15, -0.1) is 0 Å². The molecule has 0 N–H and O–H groups in total. The Morgan fingerprint density at radius 2 is 1.85 bits per heavy atom. The molecular weight excluding hydrogens is 158 g/mol. The van der Waals surface area contributed by atoms with E-state index in [-0.39, 0.29) is 0 Å². The summed E-state index contributed by atoms with van der Waals surface area (Å²) in [6.45, 7) is 3.63. The molecule has 0 aromatic rings. The summed E-state index contributed by atoms with van der Waals surface area (Å²) in [5.74, 6) is 2.07. The summed E-state index contributed by atoms with van der Waals surface area (Å²) < 4.78 is 0. The van der Waals surface area contributed by atoms with Gasteiger partial charge in [-0.2, -0.15) is 0 Å². The first-order chi connectivity index (χ1) is 6.22. The zero-order chi connectivity index (χ0) is 9.68. The van der Waals surface area contributed by atoms with Crippen LogP contribution in [0.4, 0.5) is 0 Å². The summed E-state index contributed by atoms with van der Waals surface area (Å²) in [6, 6.07) is 0. The monoisotopic (exact) mass is 183 g/mol. The van der Waals surface area contributed by atoms with Crippen molar-refractivity contribution < 1.29 is 0 Å². The molecule has 0 aromatic heterocycles. The lowest BCUT2D eigenvalue weighted by atomic mass is 9.79. The molecule has 1 aliphatic carbocycles. The van der Waals surface area contributed by atoms with Crippen LogP contribution in [0.2, 0.25) is 0 Å². The average molecular weight is 183 g/mol. The van der Waals surface area contributed by atoms with E-state index in [0.717, 1.165) is 11.8 Å². The molecule has 1 heteroatoms. The summed E-state index contributed by atoms with van der Waals surface area (Å²) in [4.78, 5) is 2.32. The second-order valence-electron chi connectivity index (χ2n) is 4.90. The van der Waals surface area contributed by atoms with E-state index in [9.17, 15) is 0 Å². The normalized spacial score (nSPS) is 29.5. The van der Waals surface area contributed by atoms with Gasteiger partial charge in [-0.05, 0) is 45.3 Å². The van der Waals surface area contributed by atoms with Gasteiger partial charge >= 0.3 is 0 Å². The first kappa shape index (κ1) is 11.0. The lowest BCUT2D eigenvalue weighted by Crippen LogP contribution is -2.21. The predicted molar refractivity (Wildman–Crippen MR) is 58.9 cm³/mol. The van der Waals surface area contributed by atoms with E-state index in [4.69, 9.17) is 0 Å². The molecule has 0 amide bonds. The van der Waals surface area contributed by atoms with Crippen LogP contribution < -0.4 is 0 Å². The largest absolute Gasteiger partial charge is 0.309 e. The van der Waals surface area contributed by atoms with Crippen LogP contribution in [0.25, 0.3) is 0 Å². The summed E-state index contributed by atoms with van der Waals surface area (Å²) in [5, 5.41) is 0. The van der Waals surface area contributed by atoms with Crippen LogP contribution in [0.5, 0.6) is 0 Å². The fourth-order valence-corrected chi connectivity index (χ4v) is 2.48. The summed E-state index contributed by atoms with van der Waals surface area (Å²) in [5.41, 5.74) is 0. The van der Waals surface area contributed by atoms with Crippen LogP contribution in [0, 0.1) is 11.8 Å². The number of hydrogen-bond acceptors (Lipinski definition) is 1. The molecule has 0 heterocycles. The van der Waals surface area contributed by atoms with E-state index >= 15 is 0 Å². The van der Waals surface area contributed by atoms with Gasteiger partial charge in [0.05, 0.1) is 0 Å². The Bertz CT molecular complexity index is 131. The molecule has 1 nitrogen and oxygen atoms in total. The predicted octanol–water partition coefficient (Wildman–Crippen LogP) is 3.15. The summed E-state index contributed by atoms with van der Waals surface area (Å²) in [7, 11) is 4.36. The van der Waals surface area contributed by atoms with Gasteiger partial charge in [0.25, 0.3) is 0 Å². The average Bonchev–Trinajstić information content (AvgIpc) is 2.15. The Hall–Kier alpha value is -0.0400. The molecule has 1 aliphatic rings. The van der Waals surface area contributed by atoms with Crippen molar-refractivity contribution in [3.8, 4) is 0 Å². The summed E-state index contributed by atoms with van der Waals surface area (Å²) in [6.07, 6.45) is 8.79. The molecule has 0 bridgehead atoms. The van der Waals surface area contributed by atoms with Crippen molar-refractivity contribution in [1.29, 1.82) is 0 Å². The van der Waals surface area contributed by atoms with Crippen LogP contribution >= 0.6 is 0 Å². The van der Waals surface area contributed by atoms with E-state index in [1.54, 1.807) is 0 Å². The van der Waals surface area contributed by atoms with Crippen molar-refractivity contribution in [2.45, 2.75) is 45.4 Å². The molecule has 2 unspecified atom stereocenters. The van der Waals surface area contributed by atoms with Crippen LogP contribution in [0.1, 0.15) is 45.4 Å². The SMILES string of the molecule is CCC1CCCC(CCN(C)C)C1. The van der Waals surface area contributed by atoms with Gasteiger partial charge < -0.3 is 4.90 Å². The fraction of sp³-hybridized carbons (Fsp3) is 1.00. The van der Waals surface area contributed by atoms with Crippen LogP contribution in [0.3, 0.4) is 0 Å². The Morgan fingerprint density at radius 1 is 1.15 bits per heavy atom. The highest BCUT2D eigenvalue weighted by molar-refractivity contribution is 4.72. The van der Waals surface area contributed by atoms with Crippen molar-refractivity contribution in [2.75, 3.05) is 20.6 Å². The highest BCUT2D eigenvalue weighted by Crippen LogP contribution is 2.32. The van der Waals surface area contributed by atoms with Crippen LogP contribution in [-0.2, 0) is 0 Å². The topological polar surface area (TPSA) is 3.24 Å². The molecule has 78 valence electrons. The van der Waals surface area contributed by atoms with Crippen molar-refractivity contribution >= 4 is 0 Å². The molecule has 13 heavy (non-hydrogen) atoms. The van der Waals surface area contributed by atoms with E-state index in [1.807, 2.05) is 0 Å². The minimum absolute atomic E-state index is 1.03. The Labute approximate surface area is 83.5 Å². The molecule has 0 aromatic carbocycles. The highest BCUT2D eigenvalue weighted by Gasteiger charge is 2.20. The van der Waals surface area contributed by atoms with Gasteiger partial charge in [0.15, 0.2) is 0 Å². The first-order valence-electron chi connectivity index (χ1n) is 5.87. The zero-order valence-corrected chi connectivity index (χ0v) is 9.55. The third-order valence-corrected chi connectivity index (χ3v) is 3.45. The maximum atomic E-state index is 2.35. The van der Waals surface area contributed by atoms with Crippen LogP contribution in [-0.4, -0.2) is 25.5 Å².